The Morgan fingerprint density at radius 1 is 1.24 bits per heavy atom. The van der Waals surface area contributed by atoms with Crippen molar-refractivity contribution in [3.8, 4) is 0 Å². The van der Waals surface area contributed by atoms with E-state index in [4.69, 9.17) is 0 Å². The van der Waals surface area contributed by atoms with Crippen molar-refractivity contribution < 1.29 is 17.6 Å². The molecule has 0 aromatic heterocycles. The lowest BCUT2D eigenvalue weighted by Gasteiger charge is -2.29. The highest BCUT2D eigenvalue weighted by molar-refractivity contribution is 7.89. The lowest BCUT2D eigenvalue weighted by atomic mass is 10.1. The van der Waals surface area contributed by atoms with Gasteiger partial charge in [0.25, 0.3) is 0 Å². The highest BCUT2D eigenvalue weighted by Crippen LogP contribution is 2.27. The number of carbonyl (C=O) groups excluding carboxylic acids is 1. The molecule has 2 rings (SSSR count). The average Bonchev–Trinajstić information content (AvgIpc) is 2.38. The van der Waals surface area contributed by atoms with E-state index >= 15 is 0 Å². The fourth-order valence-electron chi connectivity index (χ4n) is 2.72. The first-order valence-electron chi connectivity index (χ1n) is 6.70. The molecule has 1 aromatic rings. The molecule has 0 amide bonds. The quantitative estimate of drug-likeness (QED) is 0.633. The minimum atomic E-state index is -3.65. The van der Waals surface area contributed by atoms with Gasteiger partial charge in [-0.15, -0.1) is 0 Å². The van der Waals surface area contributed by atoms with E-state index in [0.717, 1.165) is 0 Å². The second-order valence-corrected chi connectivity index (χ2v) is 7.10. The number of halogens is 1. The topological polar surface area (TPSA) is 66.8 Å². The van der Waals surface area contributed by atoms with E-state index in [1.165, 1.54) is 22.5 Å². The van der Waals surface area contributed by atoms with Crippen LogP contribution in [0.4, 0.5) is 4.39 Å². The Labute approximate surface area is 123 Å². The molecule has 1 saturated heterocycles. The van der Waals surface area contributed by atoms with Crippen molar-refractivity contribution >= 4 is 16.1 Å². The van der Waals surface area contributed by atoms with Crippen molar-refractivity contribution in [3.63, 3.8) is 0 Å². The zero-order valence-electron chi connectivity index (χ0n) is 12.0. The normalized spacial score (nSPS) is 17.5. The molecule has 114 valence electrons. The number of sulfonamides is 1. The fourth-order valence-corrected chi connectivity index (χ4v) is 4.60. The zero-order chi connectivity index (χ0) is 15.6. The van der Waals surface area contributed by atoms with E-state index in [1.807, 2.05) is 0 Å². The van der Waals surface area contributed by atoms with Gasteiger partial charge in [0.1, 0.15) is 5.82 Å². The monoisotopic (exact) mass is 312 g/mol. The Hall–Kier alpha value is -1.56. The number of nitrogens with zero attached hydrogens (tertiary/aromatic N) is 2. The van der Waals surface area contributed by atoms with Gasteiger partial charge in [-0.05, 0) is 49.9 Å². The smallest absolute Gasteiger partial charge is 0.211 e. The summed E-state index contributed by atoms with van der Waals surface area (Å²) in [6, 6.07) is 2.29. The molecule has 1 aliphatic rings. The van der Waals surface area contributed by atoms with Crippen LogP contribution in [0.2, 0.25) is 0 Å². The van der Waals surface area contributed by atoms with Crippen LogP contribution in [0.15, 0.2) is 22.0 Å². The Kier molecular flexibility index (Phi) is 4.56. The van der Waals surface area contributed by atoms with E-state index in [0.29, 0.717) is 37.1 Å². The molecule has 0 atom stereocenters. The molecular weight excluding hydrogens is 295 g/mol. The van der Waals surface area contributed by atoms with Gasteiger partial charge in [-0.1, -0.05) is 0 Å². The molecule has 0 aliphatic carbocycles. The number of isocyanates is 1. The maximum Gasteiger partial charge on any atom is 0.243 e. The minimum absolute atomic E-state index is 0.163. The summed E-state index contributed by atoms with van der Waals surface area (Å²) in [7, 11) is -3.65. The second kappa shape index (κ2) is 6.05. The van der Waals surface area contributed by atoms with Crippen LogP contribution in [-0.4, -0.2) is 37.9 Å². The summed E-state index contributed by atoms with van der Waals surface area (Å²) in [5.41, 5.74) is 0.807. The first-order valence-corrected chi connectivity index (χ1v) is 8.14. The summed E-state index contributed by atoms with van der Waals surface area (Å²) in [5, 5.41) is 0. The third-order valence-electron chi connectivity index (χ3n) is 3.68. The van der Waals surface area contributed by atoms with Crippen molar-refractivity contribution in [1.82, 2.24) is 4.31 Å². The summed E-state index contributed by atoms with van der Waals surface area (Å²) in [5.74, 6) is -0.442. The number of aliphatic imine (C=N–C) groups is 1. The average molecular weight is 312 g/mol. The lowest BCUT2D eigenvalue weighted by Crippen LogP contribution is -2.40. The van der Waals surface area contributed by atoms with Crippen molar-refractivity contribution in [1.29, 1.82) is 0 Å². The van der Waals surface area contributed by atoms with E-state index in [9.17, 15) is 17.6 Å². The Balaban J connectivity index is 2.30. The predicted molar refractivity (Wildman–Crippen MR) is 75.8 cm³/mol. The summed E-state index contributed by atoms with van der Waals surface area (Å²) in [6.45, 7) is 3.78. The third kappa shape index (κ3) is 3.20. The third-order valence-corrected chi connectivity index (χ3v) is 5.89. The molecule has 0 N–H and O–H groups in total. The molecule has 1 aliphatic heterocycles. The van der Waals surface area contributed by atoms with Crippen molar-refractivity contribution in [3.05, 3.63) is 29.1 Å². The Morgan fingerprint density at radius 3 is 2.24 bits per heavy atom. The van der Waals surface area contributed by atoms with E-state index in [2.05, 4.69) is 4.99 Å². The molecule has 21 heavy (non-hydrogen) atoms. The number of piperidine rings is 1. The first-order chi connectivity index (χ1) is 9.86. The highest BCUT2D eigenvalue weighted by Gasteiger charge is 2.31. The molecule has 0 unspecified atom stereocenters. The zero-order valence-corrected chi connectivity index (χ0v) is 12.8. The van der Waals surface area contributed by atoms with Crippen LogP contribution in [-0.2, 0) is 14.8 Å². The van der Waals surface area contributed by atoms with E-state index in [-0.39, 0.29) is 10.9 Å². The number of hydrogen-bond donors (Lipinski definition) is 0. The van der Waals surface area contributed by atoms with Gasteiger partial charge in [0.2, 0.25) is 16.1 Å². The molecule has 0 spiro atoms. The highest BCUT2D eigenvalue weighted by atomic mass is 32.2. The number of benzene rings is 1. The Bertz CT molecular complexity index is 665. The van der Waals surface area contributed by atoms with Gasteiger partial charge >= 0.3 is 0 Å². The molecule has 7 heteroatoms. The van der Waals surface area contributed by atoms with E-state index in [1.54, 1.807) is 13.8 Å². The van der Waals surface area contributed by atoms with Crippen molar-refractivity contribution in [2.24, 2.45) is 4.99 Å². The summed E-state index contributed by atoms with van der Waals surface area (Å²) < 4.78 is 40.1. The largest absolute Gasteiger partial charge is 0.243 e. The lowest BCUT2D eigenvalue weighted by molar-refractivity contribution is 0.320. The maximum absolute atomic E-state index is 13.3. The molecule has 0 saturated carbocycles. The van der Waals surface area contributed by atoms with Gasteiger partial charge in [-0.3, -0.25) is 0 Å². The van der Waals surface area contributed by atoms with Gasteiger partial charge in [-0.2, -0.15) is 4.31 Å². The van der Waals surface area contributed by atoms with Crippen LogP contribution in [0.5, 0.6) is 0 Å². The van der Waals surface area contributed by atoms with E-state index < -0.39 is 15.8 Å². The van der Waals surface area contributed by atoms with Gasteiger partial charge in [0.15, 0.2) is 0 Å². The van der Waals surface area contributed by atoms with Crippen LogP contribution in [0.1, 0.15) is 24.0 Å². The second-order valence-electron chi connectivity index (χ2n) is 5.22. The van der Waals surface area contributed by atoms with Gasteiger partial charge < -0.3 is 0 Å². The summed E-state index contributed by atoms with van der Waals surface area (Å²) in [6.07, 6.45) is 2.50. The van der Waals surface area contributed by atoms with Gasteiger partial charge in [0.05, 0.1) is 10.9 Å². The molecule has 1 fully saturated rings. The number of hydrogen-bond acceptors (Lipinski definition) is 4. The first kappa shape index (κ1) is 15.8. The molecular formula is C14H17FN2O3S. The number of aryl methyl sites for hydroxylation is 2. The van der Waals surface area contributed by atoms with Crippen LogP contribution in [0.25, 0.3) is 0 Å². The van der Waals surface area contributed by atoms with Crippen LogP contribution in [0, 0.1) is 19.7 Å². The summed E-state index contributed by atoms with van der Waals surface area (Å²) in [4.78, 5) is 14.0. The molecule has 1 heterocycles. The Morgan fingerprint density at radius 2 is 1.76 bits per heavy atom. The van der Waals surface area contributed by atoms with Gasteiger partial charge in [-0.25, -0.2) is 22.6 Å². The molecule has 0 bridgehead atoms. The van der Waals surface area contributed by atoms with Crippen molar-refractivity contribution in [2.45, 2.75) is 37.6 Å². The number of rotatable bonds is 3. The minimum Gasteiger partial charge on any atom is -0.211 e. The fraction of sp³-hybridized carbons (Fsp3) is 0.500. The van der Waals surface area contributed by atoms with Crippen LogP contribution in [0.3, 0.4) is 0 Å². The SMILES string of the molecule is Cc1cc(F)cc(C)c1S(=O)(=O)N1CCC(N=C=O)CC1. The molecule has 0 radical (unpaired) electrons. The predicted octanol–water partition coefficient (Wildman–Crippen LogP) is 1.93. The van der Waals surface area contributed by atoms with Crippen LogP contribution < -0.4 is 0 Å². The molecule has 1 aromatic carbocycles. The maximum atomic E-state index is 13.3. The van der Waals surface area contributed by atoms with Crippen LogP contribution >= 0.6 is 0 Å². The van der Waals surface area contributed by atoms with Gasteiger partial charge in [0, 0.05) is 13.1 Å². The van der Waals surface area contributed by atoms with Crippen molar-refractivity contribution in [2.75, 3.05) is 13.1 Å². The standard InChI is InChI=1S/C14H17FN2O3S/c1-10-7-12(15)8-11(2)14(10)21(19,20)17-5-3-13(4-6-17)16-9-18/h7-8,13H,3-6H2,1-2H3. The molecule has 5 nitrogen and oxygen atoms in total. The summed E-state index contributed by atoms with van der Waals surface area (Å²) >= 11 is 0.